The number of alkyl halides is 4. The van der Waals surface area contributed by atoms with Gasteiger partial charge >= 0.3 is 16.4 Å². The van der Waals surface area contributed by atoms with Crippen LogP contribution in [0.3, 0.4) is 0 Å². The SMILES string of the molecule is O=S(=O)(F)C(CF)C(F)(F)F. The van der Waals surface area contributed by atoms with Crippen molar-refractivity contribution in [3.05, 3.63) is 0 Å². The minimum absolute atomic E-state index is 2.30. The molecule has 0 saturated carbocycles. The summed E-state index contributed by atoms with van der Waals surface area (Å²) in [6.07, 6.45) is -5.39. The van der Waals surface area contributed by atoms with E-state index in [9.17, 15) is 29.9 Å². The zero-order valence-corrected chi connectivity index (χ0v) is 5.72. The maximum absolute atomic E-state index is 11.6. The van der Waals surface area contributed by atoms with Gasteiger partial charge in [-0.3, -0.25) is 0 Å². The van der Waals surface area contributed by atoms with Crippen LogP contribution in [0.5, 0.6) is 0 Å². The van der Waals surface area contributed by atoms with Crippen molar-refractivity contribution in [2.24, 2.45) is 0 Å². The molecule has 0 N–H and O–H groups in total. The van der Waals surface area contributed by atoms with E-state index in [1.807, 2.05) is 0 Å². The lowest BCUT2D eigenvalue weighted by atomic mass is 10.4. The number of rotatable bonds is 2. The van der Waals surface area contributed by atoms with Crippen LogP contribution in [0.4, 0.5) is 21.4 Å². The quantitative estimate of drug-likeness (QED) is 0.493. The number of hydrogen-bond donors (Lipinski definition) is 0. The van der Waals surface area contributed by atoms with Crippen molar-refractivity contribution < 1.29 is 29.9 Å². The van der Waals surface area contributed by atoms with E-state index in [1.165, 1.54) is 0 Å². The fourth-order valence-electron chi connectivity index (χ4n) is 0.322. The van der Waals surface area contributed by atoms with Gasteiger partial charge in [0, 0.05) is 0 Å². The smallest absolute Gasteiger partial charge is 0.249 e. The van der Waals surface area contributed by atoms with Crippen molar-refractivity contribution >= 4 is 10.2 Å². The molecule has 0 radical (unpaired) electrons. The Morgan fingerprint density at radius 3 is 1.64 bits per heavy atom. The largest absolute Gasteiger partial charge is 0.410 e. The molecule has 8 heteroatoms. The highest BCUT2D eigenvalue weighted by Crippen LogP contribution is 2.27. The second-order valence-corrected chi connectivity index (χ2v) is 3.18. The maximum Gasteiger partial charge on any atom is 0.410 e. The van der Waals surface area contributed by atoms with Crippen molar-refractivity contribution in [1.29, 1.82) is 0 Å². The molecule has 0 fully saturated rings. The summed E-state index contributed by atoms with van der Waals surface area (Å²) in [6, 6.07) is 0. The Labute approximate surface area is 59.2 Å². The molecule has 68 valence electrons. The van der Waals surface area contributed by atoms with Gasteiger partial charge in [0.1, 0.15) is 6.67 Å². The molecule has 0 spiro atoms. The van der Waals surface area contributed by atoms with Crippen LogP contribution in [0.2, 0.25) is 0 Å². The van der Waals surface area contributed by atoms with Crippen LogP contribution >= 0.6 is 0 Å². The monoisotopic (exact) mass is 198 g/mol. The van der Waals surface area contributed by atoms with E-state index in [4.69, 9.17) is 0 Å². The first-order valence-corrected chi connectivity index (χ1v) is 3.70. The molecule has 0 aromatic heterocycles. The summed E-state index contributed by atoms with van der Waals surface area (Å²) in [7, 11) is -5.87. The molecule has 0 aliphatic carbocycles. The first kappa shape index (κ1) is 10.6. The maximum atomic E-state index is 11.6. The van der Waals surface area contributed by atoms with E-state index in [2.05, 4.69) is 0 Å². The van der Waals surface area contributed by atoms with Gasteiger partial charge in [0.2, 0.25) is 5.25 Å². The van der Waals surface area contributed by atoms with Crippen LogP contribution in [0.15, 0.2) is 0 Å². The molecule has 11 heavy (non-hydrogen) atoms. The normalized spacial score (nSPS) is 16.5. The predicted molar refractivity (Wildman–Crippen MR) is 25.8 cm³/mol. The van der Waals surface area contributed by atoms with Crippen LogP contribution in [-0.2, 0) is 10.2 Å². The van der Waals surface area contributed by atoms with Crippen molar-refractivity contribution in [2.45, 2.75) is 11.4 Å². The molecule has 0 amide bonds. The Morgan fingerprint density at radius 1 is 1.27 bits per heavy atom. The molecule has 0 bridgehead atoms. The second kappa shape index (κ2) is 2.92. The molecule has 1 atom stereocenters. The summed E-state index contributed by atoms with van der Waals surface area (Å²) >= 11 is 0. The average Bonchev–Trinajstić information content (AvgIpc) is 1.56. The van der Waals surface area contributed by atoms with E-state index < -0.39 is 28.3 Å². The highest BCUT2D eigenvalue weighted by molar-refractivity contribution is 7.87. The van der Waals surface area contributed by atoms with Gasteiger partial charge in [-0.15, -0.1) is 3.89 Å². The van der Waals surface area contributed by atoms with Gasteiger partial charge in [-0.05, 0) is 0 Å². The summed E-state index contributed by atoms with van der Waals surface area (Å²) in [5.41, 5.74) is 0. The van der Waals surface area contributed by atoms with Crippen LogP contribution in [0.25, 0.3) is 0 Å². The highest BCUT2D eigenvalue weighted by Gasteiger charge is 2.49. The van der Waals surface area contributed by atoms with Crippen molar-refractivity contribution in [2.75, 3.05) is 6.67 Å². The second-order valence-electron chi connectivity index (χ2n) is 1.66. The molecule has 0 aliphatic rings. The number of halogens is 5. The zero-order valence-electron chi connectivity index (χ0n) is 4.90. The fraction of sp³-hybridized carbons (Fsp3) is 1.00. The first-order valence-electron chi connectivity index (χ1n) is 2.25. The zero-order chi connectivity index (χ0) is 9.28. The third kappa shape index (κ3) is 3.00. The van der Waals surface area contributed by atoms with Gasteiger partial charge < -0.3 is 0 Å². The molecule has 0 rings (SSSR count). The standard InChI is InChI=1S/C3H3F5O2S/c4-1-2(3(5,6)7)11(8,9)10/h2H,1H2. The van der Waals surface area contributed by atoms with Gasteiger partial charge in [0.15, 0.2) is 0 Å². The molecule has 0 aliphatic heterocycles. The third-order valence-corrected chi connectivity index (χ3v) is 1.92. The molecule has 1 unspecified atom stereocenters. The van der Waals surface area contributed by atoms with Crippen molar-refractivity contribution in [3.8, 4) is 0 Å². The van der Waals surface area contributed by atoms with Gasteiger partial charge in [-0.25, -0.2) is 4.39 Å². The van der Waals surface area contributed by atoms with E-state index in [0.717, 1.165) is 0 Å². The topological polar surface area (TPSA) is 34.1 Å². The molecule has 0 aromatic rings. The average molecular weight is 198 g/mol. The fourth-order valence-corrected chi connectivity index (χ4v) is 0.792. The van der Waals surface area contributed by atoms with Crippen molar-refractivity contribution in [1.82, 2.24) is 0 Å². The first-order chi connectivity index (χ1) is 4.69. The Kier molecular flexibility index (Phi) is 2.81. The van der Waals surface area contributed by atoms with Crippen LogP contribution in [0, 0.1) is 0 Å². The summed E-state index contributed by atoms with van der Waals surface area (Å²) in [5.74, 6) is 0. The molecule has 2 nitrogen and oxygen atoms in total. The van der Waals surface area contributed by atoms with Gasteiger partial charge in [0.25, 0.3) is 0 Å². The van der Waals surface area contributed by atoms with Gasteiger partial charge in [-0.2, -0.15) is 21.6 Å². The van der Waals surface area contributed by atoms with E-state index in [-0.39, 0.29) is 0 Å². The number of hydrogen-bond acceptors (Lipinski definition) is 2. The third-order valence-electron chi connectivity index (χ3n) is 0.845. The molecule has 0 saturated heterocycles. The van der Waals surface area contributed by atoms with E-state index in [0.29, 0.717) is 0 Å². The van der Waals surface area contributed by atoms with Crippen LogP contribution in [-0.4, -0.2) is 26.5 Å². The Balaban J connectivity index is 4.72. The predicted octanol–water partition coefficient (Wildman–Crippen LogP) is 1.19. The molecule has 0 aromatic carbocycles. The minimum atomic E-state index is -5.87. The lowest BCUT2D eigenvalue weighted by molar-refractivity contribution is -0.133. The lowest BCUT2D eigenvalue weighted by Gasteiger charge is -2.11. The molecular formula is C3H3F5O2S. The van der Waals surface area contributed by atoms with Gasteiger partial charge in [-0.1, -0.05) is 0 Å². The Bertz CT molecular complexity index is 216. The van der Waals surface area contributed by atoms with E-state index in [1.54, 1.807) is 0 Å². The van der Waals surface area contributed by atoms with E-state index >= 15 is 0 Å². The lowest BCUT2D eigenvalue weighted by Crippen LogP contribution is -2.36. The molecule has 0 heterocycles. The molecular weight excluding hydrogens is 195 g/mol. The van der Waals surface area contributed by atoms with Crippen molar-refractivity contribution in [3.63, 3.8) is 0 Å². The minimum Gasteiger partial charge on any atom is -0.249 e. The Morgan fingerprint density at radius 2 is 1.64 bits per heavy atom. The van der Waals surface area contributed by atoms with Gasteiger partial charge in [0.05, 0.1) is 0 Å². The summed E-state index contributed by atoms with van der Waals surface area (Å²) in [6.45, 7) is -2.30. The highest BCUT2D eigenvalue weighted by atomic mass is 32.3. The summed E-state index contributed by atoms with van der Waals surface area (Å²) in [4.78, 5) is 0. The Hall–Kier alpha value is -0.400. The summed E-state index contributed by atoms with van der Waals surface area (Å²) in [5, 5.41) is -3.55. The van der Waals surface area contributed by atoms with Crippen LogP contribution in [0.1, 0.15) is 0 Å². The van der Waals surface area contributed by atoms with Crippen LogP contribution < -0.4 is 0 Å². The summed E-state index contributed by atoms with van der Waals surface area (Å²) < 4.78 is 76.1.